The average Bonchev–Trinajstić information content (AvgIpc) is 0.829. The van der Waals surface area contributed by atoms with Crippen LogP contribution in [0.4, 0.5) is 0 Å². The Morgan fingerprint density at radius 2 is 0.713 bits per heavy atom. The number of nitrogens with one attached hydrogen (secondary N) is 9. The third-order valence-electron chi connectivity index (χ3n) is 18.8. The summed E-state index contributed by atoms with van der Waals surface area (Å²) in [6.07, 6.45) is 2.41. The number of unbranched alkanes of at least 4 members (excludes halogenated alkanes) is 14. The van der Waals surface area contributed by atoms with Crippen LogP contribution in [0.1, 0.15) is 240 Å². The highest BCUT2D eigenvalue weighted by Gasteiger charge is 2.42. The van der Waals surface area contributed by atoms with Gasteiger partial charge in [0.15, 0.2) is 23.1 Å². The van der Waals surface area contributed by atoms with Gasteiger partial charge in [-0.15, -0.1) is 0 Å². The second kappa shape index (κ2) is 60.8. The van der Waals surface area contributed by atoms with Gasteiger partial charge in [-0.2, -0.15) is 0 Å². The molecule has 0 saturated heterocycles. The first-order valence-electron chi connectivity index (χ1n) is 40.2. The zero-order chi connectivity index (χ0) is 92.7. The molecule has 9 unspecified atom stereocenters. The van der Waals surface area contributed by atoms with E-state index in [9.17, 15) is 157 Å². The molecule has 8 amide bonds. The van der Waals surface area contributed by atoms with Crippen molar-refractivity contribution in [3.05, 3.63) is 11.9 Å². The van der Waals surface area contributed by atoms with Gasteiger partial charge < -0.3 is 114 Å². The minimum absolute atomic E-state index is 0.0287. The van der Waals surface area contributed by atoms with Crippen molar-refractivity contribution in [2.75, 3.05) is 46.1 Å². The maximum atomic E-state index is 13.8. The maximum absolute atomic E-state index is 13.8. The lowest BCUT2D eigenvalue weighted by molar-refractivity contribution is -0.147. The molecule has 0 heterocycles. The Bertz CT molecular complexity index is 3590. The molecule has 0 radical (unpaired) electrons. The van der Waals surface area contributed by atoms with Crippen LogP contribution >= 0.6 is 0 Å². The number of rotatable bonds is 75. The topological polar surface area (TPSA) is 731 Å². The Hall–Kier alpha value is -11.6. The molecule has 0 aliphatic rings. The summed E-state index contributed by atoms with van der Waals surface area (Å²) in [6, 6.07) is -9.69. The van der Waals surface area contributed by atoms with Gasteiger partial charge >= 0.3 is 59.7 Å². The number of aliphatic carboxylic acids is 10. The normalized spacial score (nSPS) is 13.8. The van der Waals surface area contributed by atoms with Gasteiger partial charge in [0.25, 0.3) is 0 Å². The number of ether oxygens (including phenoxy) is 2. The van der Waals surface area contributed by atoms with Crippen molar-refractivity contribution in [2.24, 2.45) is 28.9 Å². The number of carbonyl (C=O) groups is 22. The first-order valence-corrected chi connectivity index (χ1v) is 40.2. The van der Waals surface area contributed by atoms with Crippen molar-refractivity contribution in [3.63, 3.8) is 0 Å². The van der Waals surface area contributed by atoms with E-state index in [4.69, 9.17) is 15.2 Å². The molecule has 0 saturated carbocycles. The fraction of sp³-hybridized carbons (Fsp3) is 0.692. The first-order chi connectivity index (χ1) is 57.2. The predicted molar refractivity (Wildman–Crippen MR) is 423 cm³/mol. The van der Waals surface area contributed by atoms with Gasteiger partial charge in [-0.3, -0.25) is 101 Å². The summed E-state index contributed by atoms with van der Waals surface area (Å²) in [6.45, 7) is 5.64. The molecular weight excluding hydrogens is 1620 g/mol. The minimum Gasteiger partial charge on any atom is -0.481 e. The summed E-state index contributed by atoms with van der Waals surface area (Å²) in [5.41, 5.74) is 2.81. The van der Waals surface area contributed by atoms with Crippen LogP contribution in [0.25, 0.3) is 0 Å². The maximum Gasteiger partial charge on any atom is 0.326 e. The molecule has 0 aromatic carbocycles. The Morgan fingerprint density at radius 1 is 0.352 bits per heavy atom. The molecule has 0 fully saturated rings. The zero-order valence-electron chi connectivity index (χ0n) is 69.3. The molecule has 0 aliphatic carbocycles. The van der Waals surface area contributed by atoms with Gasteiger partial charge in [0.2, 0.25) is 47.3 Å². The van der Waals surface area contributed by atoms with Gasteiger partial charge in [-0.1, -0.05) is 77.0 Å². The molecule has 44 nitrogen and oxygen atoms in total. The average molecular weight is 1740 g/mol. The van der Waals surface area contributed by atoms with Crippen LogP contribution in [0, 0.1) is 23.2 Å². The molecule has 0 aromatic heterocycles. The Labute approximate surface area is 703 Å². The molecule has 0 rings (SSSR count). The molecule has 688 valence electrons. The van der Waals surface area contributed by atoms with Crippen LogP contribution in [-0.2, 0) is 115 Å². The molecule has 44 heteroatoms. The number of Topliss-reactive ketones (excluding diaryl/α,β-unsaturated/α-hetero) is 4. The van der Waals surface area contributed by atoms with Crippen LogP contribution in [0.2, 0.25) is 0 Å². The van der Waals surface area contributed by atoms with Gasteiger partial charge in [-0.05, 0) is 59.3 Å². The molecule has 0 aromatic rings. The number of amides is 8. The van der Waals surface area contributed by atoms with Gasteiger partial charge in [0.05, 0.1) is 112 Å². The number of ketones is 4. The molecular formula is C78H122N10O34. The standard InChI is InChI=1S/C78H122N10O34/c1-46(89)88-78(4,43-70(111)112)75(118)87-55(41-69(109)110)59(93)34-49(37-65(101)102)73(115)86-54(40-68(107)108)58(92)33-48(36-64(99)100)72(114)85-53(39-67(105)106)57(91)32-47(35-63(97)98)71(113)84-52(38-66(103)104)56(90)22-21-29-121-30-31-122-45-62(96)82-27-20-16-12-7-5-9-13-17-23-60(94)81-26-19-15-11-8-6-10-14-18-24-61(95)83-51(74(116)117)25-28-80-44-50(79)42-77(2,3)76(119)120/h44,47-49,51-55,80H,5-43,45,79H2,1-4H3,(H,81,94)(H,82,96)(H,83,95)(H,84,113)(H,85,114)(H,86,115)(H,87,118)(H,88,89)(H,97,98)(H,99,100)(H,101,102)(H,103,104)(H,105,106)(H,107,108)(H,109,110)(H,111,112)(H,116,117)(H,119,120)/b50-44-. The summed E-state index contributed by atoms with van der Waals surface area (Å²) in [7, 11) is 0. The highest BCUT2D eigenvalue weighted by molar-refractivity contribution is 6.02. The second-order valence-electron chi connectivity index (χ2n) is 30.5. The quantitative estimate of drug-likeness (QED) is 0.0375. The predicted octanol–water partition coefficient (Wildman–Crippen LogP) is 0.831. The van der Waals surface area contributed by atoms with Crippen molar-refractivity contribution in [3.8, 4) is 0 Å². The number of carboxylic acids is 10. The molecule has 0 spiro atoms. The van der Waals surface area contributed by atoms with Crippen LogP contribution in [0.5, 0.6) is 0 Å². The second-order valence-corrected chi connectivity index (χ2v) is 30.5. The molecule has 122 heavy (non-hydrogen) atoms. The van der Waals surface area contributed by atoms with E-state index in [0.29, 0.717) is 31.6 Å². The number of hydrogen-bond donors (Lipinski definition) is 20. The highest BCUT2D eigenvalue weighted by atomic mass is 16.5. The molecule has 0 bridgehead atoms. The third-order valence-corrected chi connectivity index (χ3v) is 18.8. The van der Waals surface area contributed by atoms with E-state index >= 15 is 0 Å². The number of nitrogens with two attached hydrogens (primary N) is 1. The van der Waals surface area contributed by atoms with E-state index in [1.165, 1.54) is 6.20 Å². The van der Waals surface area contributed by atoms with Crippen molar-refractivity contribution < 1.29 is 166 Å². The summed E-state index contributed by atoms with van der Waals surface area (Å²) >= 11 is 0. The first kappa shape index (κ1) is 110. The van der Waals surface area contributed by atoms with Crippen LogP contribution in [0.15, 0.2) is 11.9 Å². The fourth-order valence-electron chi connectivity index (χ4n) is 12.3. The van der Waals surface area contributed by atoms with Crippen LogP contribution in [0.3, 0.4) is 0 Å². The number of carboxylic acid groups (broad SMARTS) is 10. The highest BCUT2D eigenvalue weighted by Crippen LogP contribution is 2.24. The van der Waals surface area contributed by atoms with Crippen LogP contribution in [-0.4, -0.2) is 263 Å². The molecule has 21 N–H and O–H groups in total. The number of allylic oxidation sites excluding steroid dienone is 1. The van der Waals surface area contributed by atoms with E-state index in [1.807, 2.05) is 21.3 Å². The Morgan fingerprint density at radius 3 is 1.09 bits per heavy atom. The lowest BCUT2D eigenvalue weighted by Crippen LogP contribution is -2.60. The zero-order valence-corrected chi connectivity index (χ0v) is 69.3. The van der Waals surface area contributed by atoms with E-state index in [1.54, 1.807) is 13.8 Å². The minimum atomic E-state index is -2.32. The van der Waals surface area contributed by atoms with Crippen molar-refractivity contribution >= 4 is 130 Å². The Kier molecular flexibility index (Phi) is 55.0. The largest absolute Gasteiger partial charge is 0.481 e. The SMILES string of the molecule is CC(=O)NC(C)(CC(=O)O)C(=O)NC(CC(=O)O)C(=O)CC(CC(=O)O)C(=O)NC(CC(=O)O)C(=O)CC(CC(=O)O)C(=O)NC(CC(=O)O)C(=O)CC(CC(=O)O)C(=O)NC(CC(=O)O)C(=O)CCCOCCOCC(=O)NCCCCCCCCCCC(=O)NCCCCCCCCCCC(=O)NC(CCN/C=C(\N)CC(C)(C)C(=O)O)C(=O)O. The molecule has 9 atom stereocenters. The van der Waals surface area contributed by atoms with E-state index in [-0.39, 0.29) is 76.4 Å². The van der Waals surface area contributed by atoms with E-state index in [2.05, 4.69) is 26.6 Å². The van der Waals surface area contributed by atoms with Crippen molar-refractivity contribution in [1.29, 1.82) is 0 Å². The summed E-state index contributed by atoms with van der Waals surface area (Å²) in [4.78, 5) is 276. The van der Waals surface area contributed by atoms with Crippen molar-refractivity contribution in [2.45, 2.75) is 275 Å². The summed E-state index contributed by atoms with van der Waals surface area (Å²) in [5, 5.41) is 117. The van der Waals surface area contributed by atoms with Gasteiger partial charge in [0, 0.05) is 90.0 Å². The van der Waals surface area contributed by atoms with Crippen molar-refractivity contribution in [1.82, 2.24) is 47.9 Å². The summed E-state index contributed by atoms with van der Waals surface area (Å²) in [5.74, 6) is -35.7. The monoisotopic (exact) mass is 1740 g/mol. The van der Waals surface area contributed by atoms with Gasteiger partial charge in [-0.25, -0.2) is 4.79 Å². The molecule has 0 aliphatic heterocycles. The third kappa shape index (κ3) is 53.1. The lowest BCUT2D eigenvalue weighted by Gasteiger charge is -2.30. The number of hydrogen-bond acceptors (Lipinski definition) is 26. The van der Waals surface area contributed by atoms with Gasteiger partial charge in [0.1, 0.15) is 18.2 Å². The van der Waals surface area contributed by atoms with E-state index < -0.39 is 248 Å². The smallest absolute Gasteiger partial charge is 0.326 e. The van der Waals surface area contributed by atoms with Crippen LogP contribution < -0.4 is 53.6 Å². The Balaban J connectivity index is 5.11. The fourth-order valence-corrected chi connectivity index (χ4v) is 12.3. The number of carbonyl (C=O) groups excluding carboxylic acids is 12. The lowest BCUT2D eigenvalue weighted by atomic mass is 9.88. The van der Waals surface area contributed by atoms with E-state index in [0.717, 1.165) is 110 Å². The summed E-state index contributed by atoms with van der Waals surface area (Å²) < 4.78 is 10.8.